The second kappa shape index (κ2) is 11.8. The first-order valence-corrected chi connectivity index (χ1v) is 11.0. The molecule has 0 aliphatic rings. The molecule has 8 heteroatoms. The number of halogens is 1. The highest BCUT2D eigenvalue weighted by Crippen LogP contribution is 2.31. The van der Waals surface area contributed by atoms with Crippen molar-refractivity contribution < 1.29 is 29.3 Å². The van der Waals surface area contributed by atoms with Gasteiger partial charge in [-0.05, 0) is 53.8 Å². The number of aliphatic hydroxyl groups excluding tert-OH is 2. The number of hydrogen-bond donors (Lipinski definition) is 4. The Hall–Kier alpha value is -2.97. The topological polar surface area (TPSA) is 112 Å². The molecule has 0 spiro atoms. The molecule has 2 rings (SSSR count). The molecule has 1 aromatic carbocycles. The van der Waals surface area contributed by atoms with Crippen LogP contribution in [0, 0.1) is 11.7 Å². The van der Waals surface area contributed by atoms with Gasteiger partial charge in [-0.1, -0.05) is 27.7 Å². The van der Waals surface area contributed by atoms with E-state index in [4.69, 9.17) is 5.11 Å². The van der Waals surface area contributed by atoms with Crippen molar-refractivity contribution in [3.8, 4) is 11.3 Å². The van der Waals surface area contributed by atoms with Crippen LogP contribution < -0.4 is 5.32 Å². The van der Waals surface area contributed by atoms with E-state index in [0.717, 1.165) is 0 Å². The van der Waals surface area contributed by atoms with Crippen LogP contribution in [0.1, 0.15) is 62.5 Å². The molecule has 2 aromatic rings. The largest absolute Gasteiger partial charge is 0.481 e. The molecule has 1 heterocycles. The van der Waals surface area contributed by atoms with E-state index in [1.807, 2.05) is 27.7 Å². The van der Waals surface area contributed by atoms with Gasteiger partial charge in [-0.3, -0.25) is 9.59 Å². The lowest BCUT2D eigenvalue weighted by Crippen LogP contribution is -2.28. The Kier molecular flexibility index (Phi) is 9.37. The van der Waals surface area contributed by atoms with Crippen LogP contribution in [0.5, 0.6) is 0 Å². The molecular weight excluding hydrogens is 427 g/mol. The Morgan fingerprint density at radius 1 is 1.12 bits per heavy atom. The van der Waals surface area contributed by atoms with Crippen molar-refractivity contribution in [2.75, 3.05) is 6.54 Å². The maximum Gasteiger partial charge on any atom is 0.305 e. The van der Waals surface area contributed by atoms with Crippen molar-refractivity contribution in [2.45, 2.75) is 58.7 Å². The van der Waals surface area contributed by atoms with Crippen molar-refractivity contribution in [1.29, 1.82) is 0 Å². The fourth-order valence-corrected chi connectivity index (χ4v) is 3.53. The minimum Gasteiger partial charge on any atom is -0.481 e. The van der Waals surface area contributed by atoms with Gasteiger partial charge in [0.2, 0.25) is 0 Å². The number of carbonyl (C=O) groups excluding carboxylic acids is 1. The molecule has 33 heavy (non-hydrogen) atoms. The minimum absolute atomic E-state index is 0.0570. The van der Waals surface area contributed by atoms with Crippen LogP contribution in [0.4, 0.5) is 4.39 Å². The maximum atomic E-state index is 13.5. The molecule has 180 valence electrons. The number of carboxylic acids is 1. The zero-order valence-electron chi connectivity index (χ0n) is 19.5. The number of amides is 1. The molecule has 0 saturated carbocycles. The van der Waals surface area contributed by atoms with Gasteiger partial charge in [-0.2, -0.15) is 0 Å². The number of nitrogens with one attached hydrogen (secondary N) is 1. The molecule has 1 aromatic heterocycles. The molecule has 0 aliphatic carbocycles. The molecular formula is C25H33FN2O5. The summed E-state index contributed by atoms with van der Waals surface area (Å²) < 4.78 is 15.3. The first-order chi connectivity index (χ1) is 15.5. The number of nitrogens with zero attached hydrogens (tertiary/aromatic N) is 1. The molecule has 0 saturated heterocycles. The molecule has 0 bridgehead atoms. The van der Waals surface area contributed by atoms with Crippen molar-refractivity contribution in [3.63, 3.8) is 0 Å². The van der Waals surface area contributed by atoms with Gasteiger partial charge in [0.05, 0.1) is 29.9 Å². The second-order valence-corrected chi connectivity index (χ2v) is 8.86. The Morgan fingerprint density at radius 3 is 2.30 bits per heavy atom. The van der Waals surface area contributed by atoms with Crippen LogP contribution in [0.2, 0.25) is 0 Å². The van der Waals surface area contributed by atoms with E-state index < -0.39 is 24.6 Å². The first-order valence-electron chi connectivity index (χ1n) is 11.0. The smallest absolute Gasteiger partial charge is 0.305 e. The maximum absolute atomic E-state index is 13.5. The summed E-state index contributed by atoms with van der Waals surface area (Å²) in [4.78, 5) is 23.7. The number of aliphatic carboxylic acids is 1. The lowest BCUT2D eigenvalue weighted by Gasteiger charge is -2.16. The number of aliphatic hydroxyl groups is 2. The zero-order valence-corrected chi connectivity index (χ0v) is 19.5. The highest BCUT2D eigenvalue weighted by Gasteiger charge is 2.23. The van der Waals surface area contributed by atoms with Crippen molar-refractivity contribution in [2.24, 2.45) is 5.92 Å². The van der Waals surface area contributed by atoms with E-state index in [1.165, 1.54) is 18.2 Å². The van der Waals surface area contributed by atoms with Gasteiger partial charge in [0, 0.05) is 24.9 Å². The van der Waals surface area contributed by atoms with E-state index in [9.17, 15) is 24.2 Å². The normalized spacial score (nSPS) is 13.6. The monoisotopic (exact) mass is 460 g/mol. The third-order valence-corrected chi connectivity index (χ3v) is 5.06. The average molecular weight is 461 g/mol. The van der Waals surface area contributed by atoms with Crippen LogP contribution in [-0.4, -0.2) is 50.5 Å². The first kappa shape index (κ1) is 26.3. The van der Waals surface area contributed by atoms with Gasteiger partial charge in [-0.15, -0.1) is 0 Å². The van der Waals surface area contributed by atoms with Crippen molar-refractivity contribution in [3.05, 3.63) is 53.5 Å². The van der Waals surface area contributed by atoms with Crippen LogP contribution in [0.25, 0.3) is 17.5 Å². The highest BCUT2D eigenvalue weighted by atomic mass is 19.1. The highest BCUT2D eigenvalue weighted by molar-refractivity contribution is 5.97. The molecule has 0 aliphatic heterocycles. The van der Waals surface area contributed by atoms with Crippen molar-refractivity contribution in [1.82, 2.24) is 9.88 Å². The number of hydrogen-bond acceptors (Lipinski definition) is 4. The van der Waals surface area contributed by atoms with Crippen LogP contribution in [0.15, 0.2) is 36.4 Å². The van der Waals surface area contributed by atoms with Gasteiger partial charge < -0.3 is 25.2 Å². The van der Waals surface area contributed by atoms with E-state index in [2.05, 4.69) is 5.32 Å². The summed E-state index contributed by atoms with van der Waals surface area (Å²) in [5.41, 5.74) is 2.52. The molecule has 0 radical (unpaired) electrons. The molecule has 0 unspecified atom stereocenters. The van der Waals surface area contributed by atoms with Gasteiger partial charge in [0.25, 0.3) is 5.91 Å². The van der Waals surface area contributed by atoms with Crippen LogP contribution in [-0.2, 0) is 4.79 Å². The molecule has 1 amide bonds. The Morgan fingerprint density at radius 2 is 1.76 bits per heavy atom. The van der Waals surface area contributed by atoms with E-state index in [0.29, 0.717) is 29.1 Å². The molecule has 0 fully saturated rings. The Balaban J connectivity index is 2.49. The number of carboxylic acid groups (broad SMARTS) is 1. The summed E-state index contributed by atoms with van der Waals surface area (Å²) in [6, 6.07) is 7.64. The quantitative estimate of drug-likeness (QED) is 0.407. The standard InChI is InChI=1S/C25H33FN2O5/c1-15(2)14-27-25(33)21-13-22(17-5-7-18(26)8-6-17)28(24(21)16(3)4)10-9-19(29)11-20(30)12-23(31)32/h5-10,13,15-16,19-20,29-30H,11-12,14H2,1-4H3,(H,27,33)(H,31,32)/b10-9+/t19-,20-/m1/s1. The zero-order chi connectivity index (χ0) is 24.7. The van der Waals surface area contributed by atoms with Crippen molar-refractivity contribution >= 4 is 18.1 Å². The third kappa shape index (κ3) is 7.54. The molecule has 4 N–H and O–H groups in total. The van der Waals surface area contributed by atoms with Gasteiger partial charge in [0.1, 0.15) is 5.82 Å². The summed E-state index contributed by atoms with van der Waals surface area (Å²) in [5, 5.41) is 31.8. The molecule has 2 atom stereocenters. The summed E-state index contributed by atoms with van der Waals surface area (Å²) in [6.45, 7) is 8.41. The van der Waals surface area contributed by atoms with Gasteiger partial charge in [0.15, 0.2) is 0 Å². The lowest BCUT2D eigenvalue weighted by molar-refractivity contribution is -0.139. The Bertz CT molecular complexity index is 979. The SMILES string of the molecule is CC(C)CNC(=O)c1cc(-c2ccc(F)cc2)n(/C=C/[C@@H](O)C[C@@H](O)CC(=O)O)c1C(C)C. The van der Waals surface area contributed by atoms with E-state index in [1.54, 1.807) is 29.0 Å². The molecule has 7 nitrogen and oxygen atoms in total. The van der Waals surface area contributed by atoms with Gasteiger partial charge in [-0.25, -0.2) is 4.39 Å². The predicted octanol–water partition coefficient (Wildman–Crippen LogP) is 3.86. The number of benzene rings is 1. The van der Waals surface area contributed by atoms with Crippen LogP contribution in [0.3, 0.4) is 0 Å². The number of carbonyl (C=O) groups is 2. The average Bonchev–Trinajstić information content (AvgIpc) is 3.10. The second-order valence-electron chi connectivity index (χ2n) is 8.86. The summed E-state index contributed by atoms with van der Waals surface area (Å²) >= 11 is 0. The number of aromatic nitrogens is 1. The summed E-state index contributed by atoms with van der Waals surface area (Å²) in [6.07, 6.45) is 0.151. The Labute approximate surface area is 193 Å². The lowest BCUT2D eigenvalue weighted by atomic mass is 10.0. The van der Waals surface area contributed by atoms with Gasteiger partial charge >= 0.3 is 5.97 Å². The fraction of sp³-hybridized carbons (Fsp3) is 0.440. The van der Waals surface area contributed by atoms with E-state index in [-0.39, 0.29) is 30.0 Å². The third-order valence-electron chi connectivity index (χ3n) is 5.06. The summed E-state index contributed by atoms with van der Waals surface area (Å²) in [7, 11) is 0. The van der Waals surface area contributed by atoms with Crippen LogP contribution >= 0.6 is 0 Å². The number of rotatable bonds is 11. The predicted molar refractivity (Wildman–Crippen MR) is 125 cm³/mol. The van der Waals surface area contributed by atoms with E-state index >= 15 is 0 Å². The fourth-order valence-electron chi connectivity index (χ4n) is 3.53. The minimum atomic E-state index is -1.19. The summed E-state index contributed by atoms with van der Waals surface area (Å²) in [5.74, 6) is -1.53.